The van der Waals surface area contributed by atoms with Gasteiger partial charge in [-0.05, 0) is 30.3 Å². The van der Waals surface area contributed by atoms with Gasteiger partial charge in [0.25, 0.3) is 5.91 Å². The summed E-state index contributed by atoms with van der Waals surface area (Å²) in [6.07, 6.45) is 1.33. The van der Waals surface area contributed by atoms with Crippen molar-refractivity contribution >= 4 is 12.1 Å². The molecule has 0 bridgehead atoms. The van der Waals surface area contributed by atoms with Crippen molar-refractivity contribution in [2.24, 2.45) is 5.10 Å². The average Bonchev–Trinajstić information content (AvgIpc) is 2.62. The van der Waals surface area contributed by atoms with E-state index in [2.05, 4.69) is 10.5 Å². The summed E-state index contributed by atoms with van der Waals surface area (Å²) in [7, 11) is 4.51. The van der Waals surface area contributed by atoms with Gasteiger partial charge in [-0.1, -0.05) is 0 Å². The van der Waals surface area contributed by atoms with E-state index in [9.17, 15) is 9.90 Å². The summed E-state index contributed by atoms with van der Waals surface area (Å²) in [5, 5.41) is 13.6. The Balaban J connectivity index is 2.13. The van der Waals surface area contributed by atoms with E-state index in [1.807, 2.05) is 0 Å². The van der Waals surface area contributed by atoms with Gasteiger partial charge in [-0.2, -0.15) is 5.10 Å². The number of hydrogen-bond donors (Lipinski definition) is 2. The molecular formula is C17H18N2O5. The number of phenolic OH excluding ortho intramolecular Hbond substituents is 1. The van der Waals surface area contributed by atoms with Crippen LogP contribution in [0.3, 0.4) is 0 Å². The molecule has 0 fully saturated rings. The van der Waals surface area contributed by atoms with Crippen molar-refractivity contribution in [3.8, 4) is 23.0 Å². The number of hydrogen-bond acceptors (Lipinski definition) is 6. The van der Waals surface area contributed by atoms with Crippen molar-refractivity contribution in [3.63, 3.8) is 0 Å². The molecule has 7 heteroatoms. The number of hydrazone groups is 1. The second-order valence-corrected chi connectivity index (χ2v) is 4.69. The number of amides is 1. The van der Waals surface area contributed by atoms with Crippen LogP contribution in [0, 0.1) is 0 Å². The maximum atomic E-state index is 12.2. The third-order valence-electron chi connectivity index (χ3n) is 3.26. The molecular weight excluding hydrogens is 312 g/mol. The molecule has 0 spiro atoms. The summed E-state index contributed by atoms with van der Waals surface area (Å²) in [5.74, 6) is 1.08. The van der Waals surface area contributed by atoms with E-state index in [1.54, 1.807) is 30.3 Å². The fourth-order valence-electron chi connectivity index (χ4n) is 1.97. The Labute approximate surface area is 139 Å². The van der Waals surface area contributed by atoms with Crippen LogP contribution >= 0.6 is 0 Å². The lowest BCUT2D eigenvalue weighted by molar-refractivity contribution is 0.0952. The van der Waals surface area contributed by atoms with Crippen molar-refractivity contribution in [2.45, 2.75) is 0 Å². The van der Waals surface area contributed by atoms with Crippen molar-refractivity contribution in [1.29, 1.82) is 0 Å². The molecule has 0 aliphatic rings. The van der Waals surface area contributed by atoms with Gasteiger partial charge < -0.3 is 19.3 Å². The lowest BCUT2D eigenvalue weighted by Crippen LogP contribution is -2.18. The van der Waals surface area contributed by atoms with Crippen LogP contribution in [-0.2, 0) is 0 Å². The van der Waals surface area contributed by atoms with Crippen molar-refractivity contribution in [3.05, 3.63) is 47.5 Å². The second kappa shape index (κ2) is 7.87. The predicted molar refractivity (Wildman–Crippen MR) is 89.3 cm³/mol. The zero-order chi connectivity index (χ0) is 17.5. The molecule has 2 aromatic rings. The highest BCUT2D eigenvalue weighted by atomic mass is 16.5. The molecule has 0 saturated carbocycles. The molecule has 1 amide bonds. The number of methoxy groups -OCH3 is 3. The number of nitrogens with zero attached hydrogens (tertiary/aromatic N) is 1. The number of rotatable bonds is 6. The van der Waals surface area contributed by atoms with Crippen LogP contribution < -0.4 is 19.6 Å². The molecule has 0 heterocycles. The van der Waals surface area contributed by atoms with Gasteiger partial charge in [0.05, 0.1) is 33.1 Å². The first-order valence-electron chi connectivity index (χ1n) is 7.01. The second-order valence-electron chi connectivity index (χ2n) is 4.69. The summed E-state index contributed by atoms with van der Waals surface area (Å²) in [4.78, 5) is 12.2. The Morgan fingerprint density at radius 1 is 1.04 bits per heavy atom. The molecule has 0 aliphatic carbocycles. The van der Waals surface area contributed by atoms with E-state index in [0.29, 0.717) is 28.4 Å². The number of phenols is 1. The van der Waals surface area contributed by atoms with Gasteiger partial charge in [0.1, 0.15) is 23.0 Å². The van der Waals surface area contributed by atoms with E-state index < -0.39 is 5.91 Å². The molecule has 7 nitrogen and oxygen atoms in total. The smallest absolute Gasteiger partial charge is 0.275 e. The SMILES string of the molecule is COc1ccc(O)c(C=NNC(=O)c2ccc(OC)cc2OC)c1. The van der Waals surface area contributed by atoms with Crippen LogP contribution in [0.25, 0.3) is 0 Å². The Hall–Kier alpha value is -3.22. The Morgan fingerprint density at radius 3 is 2.38 bits per heavy atom. The average molecular weight is 330 g/mol. The third-order valence-corrected chi connectivity index (χ3v) is 3.26. The summed E-state index contributed by atoms with van der Waals surface area (Å²) in [6.45, 7) is 0. The quantitative estimate of drug-likeness (QED) is 0.626. The first kappa shape index (κ1) is 17.1. The summed E-state index contributed by atoms with van der Waals surface area (Å²) >= 11 is 0. The van der Waals surface area contributed by atoms with Gasteiger partial charge in [0.15, 0.2) is 0 Å². The number of nitrogens with one attached hydrogen (secondary N) is 1. The largest absolute Gasteiger partial charge is 0.507 e. The van der Waals surface area contributed by atoms with E-state index >= 15 is 0 Å². The summed E-state index contributed by atoms with van der Waals surface area (Å²) in [6, 6.07) is 9.52. The number of benzene rings is 2. The van der Waals surface area contributed by atoms with Crippen LogP contribution in [0.1, 0.15) is 15.9 Å². The minimum Gasteiger partial charge on any atom is -0.507 e. The molecule has 2 N–H and O–H groups in total. The zero-order valence-electron chi connectivity index (χ0n) is 13.6. The molecule has 2 aromatic carbocycles. The zero-order valence-corrected chi connectivity index (χ0v) is 13.6. The molecule has 0 unspecified atom stereocenters. The van der Waals surface area contributed by atoms with Crippen LogP contribution in [0.15, 0.2) is 41.5 Å². The summed E-state index contributed by atoms with van der Waals surface area (Å²) in [5.41, 5.74) is 3.11. The van der Waals surface area contributed by atoms with Gasteiger partial charge in [-0.15, -0.1) is 0 Å². The highest BCUT2D eigenvalue weighted by molar-refractivity contribution is 5.97. The van der Waals surface area contributed by atoms with E-state index in [-0.39, 0.29) is 5.75 Å². The van der Waals surface area contributed by atoms with Crippen LogP contribution in [0.4, 0.5) is 0 Å². The molecule has 2 rings (SSSR count). The first-order valence-corrected chi connectivity index (χ1v) is 7.01. The number of ether oxygens (including phenoxy) is 3. The third kappa shape index (κ3) is 3.95. The number of aromatic hydroxyl groups is 1. The van der Waals surface area contributed by atoms with Gasteiger partial charge in [0.2, 0.25) is 0 Å². The van der Waals surface area contributed by atoms with E-state index in [0.717, 1.165) is 0 Å². The van der Waals surface area contributed by atoms with Gasteiger partial charge in [0, 0.05) is 11.6 Å². The molecule has 24 heavy (non-hydrogen) atoms. The van der Waals surface area contributed by atoms with E-state index in [4.69, 9.17) is 14.2 Å². The maximum absolute atomic E-state index is 12.2. The van der Waals surface area contributed by atoms with Gasteiger partial charge >= 0.3 is 0 Å². The predicted octanol–water partition coefficient (Wildman–Crippen LogP) is 2.18. The molecule has 0 atom stereocenters. The van der Waals surface area contributed by atoms with E-state index in [1.165, 1.54) is 33.6 Å². The normalized spacial score (nSPS) is 10.5. The highest BCUT2D eigenvalue weighted by Gasteiger charge is 2.12. The minimum atomic E-state index is -0.451. The Morgan fingerprint density at radius 2 is 1.71 bits per heavy atom. The standard InChI is InChI=1S/C17H18N2O5/c1-22-12-5-7-15(20)11(8-12)10-18-19-17(21)14-6-4-13(23-2)9-16(14)24-3/h4-10,20H,1-3H3,(H,19,21). The van der Waals surface area contributed by atoms with Crippen LogP contribution in [0.2, 0.25) is 0 Å². The lowest BCUT2D eigenvalue weighted by atomic mass is 10.2. The molecule has 0 aromatic heterocycles. The molecule has 0 radical (unpaired) electrons. The molecule has 0 saturated heterocycles. The monoisotopic (exact) mass is 330 g/mol. The highest BCUT2D eigenvalue weighted by Crippen LogP contribution is 2.24. The number of carbonyl (C=O) groups is 1. The van der Waals surface area contributed by atoms with Crippen molar-refractivity contribution in [2.75, 3.05) is 21.3 Å². The fourth-order valence-corrected chi connectivity index (χ4v) is 1.97. The Kier molecular flexibility index (Phi) is 5.62. The molecule has 0 aliphatic heterocycles. The Bertz CT molecular complexity index is 759. The topological polar surface area (TPSA) is 89.4 Å². The lowest BCUT2D eigenvalue weighted by Gasteiger charge is -2.09. The molecule has 126 valence electrons. The minimum absolute atomic E-state index is 0.0239. The van der Waals surface area contributed by atoms with Gasteiger partial charge in [-0.3, -0.25) is 4.79 Å². The van der Waals surface area contributed by atoms with Gasteiger partial charge in [-0.25, -0.2) is 5.43 Å². The van der Waals surface area contributed by atoms with Crippen LogP contribution in [0.5, 0.6) is 23.0 Å². The number of carbonyl (C=O) groups excluding carboxylic acids is 1. The van der Waals surface area contributed by atoms with Crippen LogP contribution in [-0.4, -0.2) is 38.6 Å². The first-order chi connectivity index (χ1) is 11.6. The van der Waals surface area contributed by atoms with Crippen molar-refractivity contribution in [1.82, 2.24) is 5.43 Å². The fraction of sp³-hybridized carbons (Fsp3) is 0.176. The summed E-state index contributed by atoms with van der Waals surface area (Å²) < 4.78 is 15.3. The van der Waals surface area contributed by atoms with Crippen molar-refractivity contribution < 1.29 is 24.1 Å². The maximum Gasteiger partial charge on any atom is 0.275 e.